The molecule has 0 saturated carbocycles. The lowest BCUT2D eigenvalue weighted by atomic mass is 10.1. The lowest BCUT2D eigenvalue weighted by Crippen LogP contribution is -2.09. The summed E-state index contributed by atoms with van der Waals surface area (Å²) in [5, 5.41) is 12.8. The summed E-state index contributed by atoms with van der Waals surface area (Å²) in [4.78, 5) is 0. The van der Waals surface area contributed by atoms with Gasteiger partial charge in [-0.1, -0.05) is 41.4 Å². The van der Waals surface area contributed by atoms with E-state index in [1.807, 2.05) is 0 Å². The van der Waals surface area contributed by atoms with E-state index in [9.17, 15) is 9.65 Å². The summed E-state index contributed by atoms with van der Waals surface area (Å²) in [6, 6.07) is 12.4. The van der Waals surface area contributed by atoms with Crippen molar-refractivity contribution in [2.45, 2.75) is 6.04 Å². The van der Waals surface area contributed by atoms with Crippen LogP contribution < -0.4 is 5.32 Å². The molecule has 0 saturated heterocycles. The maximum atomic E-state index is 13.5. The number of anilines is 1. The number of para-hydroxylation sites is 1. The molecule has 2 nitrogen and oxygen atoms in total. The first-order valence-electron chi connectivity index (χ1n) is 5.47. The molecule has 0 amide bonds. The number of benzene rings is 2. The van der Waals surface area contributed by atoms with Crippen molar-refractivity contribution in [1.82, 2.24) is 0 Å². The fourth-order valence-electron chi connectivity index (χ4n) is 1.62. The van der Waals surface area contributed by atoms with Crippen molar-refractivity contribution in [1.29, 1.82) is 5.26 Å². The normalized spacial score (nSPS) is 11.7. The molecule has 1 atom stereocenters. The predicted octanol–water partition coefficient (Wildman–Crippen LogP) is 4.81. The van der Waals surface area contributed by atoms with Crippen molar-refractivity contribution in [2.24, 2.45) is 0 Å². The standard InChI is InChI=1S/C14H9Cl2FN2/c15-10-6-5-9(7-11(10)16)14(8-18)19-13-4-2-1-3-12(13)17/h1-7,14,19H. The van der Waals surface area contributed by atoms with Crippen LogP contribution in [0.3, 0.4) is 0 Å². The molecule has 0 aliphatic carbocycles. The summed E-state index contributed by atoms with van der Waals surface area (Å²) in [5.74, 6) is -0.414. The van der Waals surface area contributed by atoms with Crippen LogP contribution in [0.2, 0.25) is 10.0 Å². The highest BCUT2D eigenvalue weighted by molar-refractivity contribution is 6.42. The third-order valence-corrected chi connectivity index (χ3v) is 3.32. The summed E-state index contributed by atoms with van der Waals surface area (Å²) in [6.45, 7) is 0. The summed E-state index contributed by atoms with van der Waals surface area (Å²) in [7, 11) is 0. The number of nitrogens with one attached hydrogen (secondary N) is 1. The first kappa shape index (κ1) is 13.7. The predicted molar refractivity (Wildman–Crippen MR) is 74.8 cm³/mol. The monoisotopic (exact) mass is 294 g/mol. The summed E-state index contributed by atoms with van der Waals surface area (Å²) in [6.07, 6.45) is 0. The third-order valence-electron chi connectivity index (χ3n) is 2.58. The third kappa shape index (κ3) is 3.17. The minimum Gasteiger partial charge on any atom is -0.364 e. The van der Waals surface area contributed by atoms with Gasteiger partial charge in [0.2, 0.25) is 0 Å². The quantitative estimate of drug-likeness (QED) is 0.882. The molecule has 96 valence electrons. The number of halogens is 3. The molecule has 0 heterocycles. The number of hydrogen-bond donors (Lipinski definition) is 1. The van der Waals surface area contributed by atoms with E-state index in [0.717, 1.165) is 0 Å². The van der Waals surface area contributed by atoms with Gasteiger partial charge in [-0.15, -0.1) is 0 Å². The molecule has 0 aliphatic heterocycles. The molecule has 2 aromatic carbocycles. The van der Waals surface area contributed by atoms with Crippen LogP contribution in [0, 0.1) is 17.1 Å². The van der Waals surface area contributed by atoms with Crippen LogP contribution in [0.1, 0.15) is 11.6 Å². The van der Waals surface area contributed by atoms with E-state index in [0.29, 0.717) is 15.6 Å². The van der Waals surface area contributed by atoms with Crippen LogP contribution in [0.25, 0.3) is 0 Å². The molecule has 0 radical (unpaired) electrons. The zero-order valence-electron chi connectivity index (χ0n) is 9.70. The van der Waals surface area contributed by atoms with Gasteiger partial charge in [-0.2, -0.15) is 5.26 Å². The first-order valence-corrected chi connectivity index (χ1v) is 6.23. The van der Waals surface area contributed by atoms with Gasteiger partial charge in [0.25, 0.3) is 0 Å². The molecule has 2 rings (SSSR count). The van der Waals surface area contributed by atoms with Crippen LogP contribution in [0.5, 0.6) is 0 Å². The van der Waals surface area contributed by atoms with Gasteiger partial charge in [-0.3, -0.25) is 0 Å². The second-order valence-electron chi connectivity index (χ2n) is 3.86. The van der Waals surface area contributed by atoms with E-state index in [1.165, 1.54) is 6.07 Å². The maximum Gasteiger partial charge on any atom is 0.146 e. The highest BCUT2D eigenvalue weighted by atomic mass is 35.5. The van der Waals surface area contributed by atoms with Gasteiger partial charge in [0, 0.05) is 0 Å². The average molecular weight is 295 g/mol. The van der Waals surface area contributed by atoms with Gasteiger partial charge in [0.1, 0.15) is 11.9 Å². The second-order valence-corrected chi connectivity index (χ2v) is 4.67. The minimum atomic E-state index is -0.702. The Bertz CT molecular complexity index is 638. The summed E-state index contributed by atoms with van der Waals surface area (Å²) in [5.41, 5.74) is 0.889. The van der Waals surface area contributed by atoms with Crippen LogP contribution in [-0.4, -0.2) is 0 Å². The fraction of sp³-hybridized carbons (Fsp3) is 0.0714. The van der Waals surface area contributed by atoms with Crippen molar-refractivity contribution < 1.29 is 4.39 Å². The topological polar surface area (TPSA) is 35.8 Å². The molecular formula is C14H9Cl2FN2. The van der Waals surface area contributed by atoms with E-state index in [2.05, 4.69) is 11.4 Å². The lowest BCUT2D eigenvalue weighted by molar-refractivity contribution is 0.629. The van der Waals surface area contributed by atoms with E-state index in [1.54, 1.807) is 36.4 Å². The second kappa shape index (κ2) is 5.92. The van der Waals surface area contributed by atoms with Gasteiger partial charge >= 0.3 is 0 Å². The Kier molecular flexibility index (Phi) is 4.26. The van der Waals surface area contributed by atoms with Gasteiger partial charge < -0.3 is 5.32 Å². The zero-order valence-corrected chi connectivity index (χ0v) is 11.2. The van der Waals surface area contributed by atoms with Crippen molar-refractivity contribution in [2.75, 3.05) is 5.32 Å². The molecule has 5 heteroatoms. The largest absolute Gasteiger partial charge is 0.364 e. The fourth-order valence-corrected chi connectivity index (χ4v) is 1.92. The Labute approximate surface area is 120 Å². The van der Waals surface area contributed by atoms with E-state index in [-0.39, 0.29) is 5.69 Å². The molecule has 0 bridgehead atoms. The van der Waals surface area contributed by atoms with Crippen molar-refractivity contribution in [3.8, 4) is 6.07 Å². The van der Waals surface area contributed by atoms with E-state index < -0.39 is 11.9 Å². The Morgan fingerprint density at radius 2 is 1.84 bits per heavy atom. The molecule has 0 spiro atoms. The van der Waals surface area contributed by atoms with E-state index in [4.69, 9.17) is 23.2 Å². The number of rotatable bonds is 3. The Morgan fingerprint density at radius 3 is 2.47 bits per heavy atom. The maximum absolute atomic E-state index is 13.5. The molecule has 1 unspecified atom stereocenters. The Balaban J connectivity index is 2.28. The smallest absolute Gasteiger partial charge is 0.146 e. The Morgan fingerprint density at radius 1 is 1.11 bits per heavy atom. The first-order chi connectivity index (χ1) is 9.11. The van der Waals surface area contributed by atoms with Crippen LogP contribution in [-0.2, 0) is 0 Å². The lowest BCUT2D eigenvalue weighted by Gasteiger charge is -2.14. The van der Waals surface area contributed by atoms with Crippen LogP contribution in [0.4, 0.5) is 10.1 Å². The molecule has 0 aromatic heterocycles. The molecule has 2 aromatic rings. The van der Waals surface area contributed by atoms with Gasteiger partial charge in [0.05, 0.1) is 21.8 Å². The van der Waals surface area contributed by atoms with Crippen LogP contribution in [0.15, 0.2) is 42.5 Å². The summed E-state index contributed by atoms with van der Waals surface area (Å²) < 4.78 is 13.5. The molecular weight excluding hydrogens is 286 g/mol. The Hall–Kier alpha value is -1.76. The van der Waals surface area contributed by atoms with Crippen molar-refractivity contribution >= 4 is 28.9 Å². The number of nitriles is 1. The molecule has 0 aliphatic rings. The van der Waals surface area contributed by atoms with Gasteiger partial charge in [-0.05, 0) is 29.8 Å². The van der Waals surface area contributed by atoms with Gasteiger partial charge in [-0.25, -0.2) is 4.39 Å². The molecule has 0 fully saturated rings. The average Bonchev–Trinajstić information content (AvgIpc) is 2.41. The molecule has 19 heavy (non-hydrogen) atoms. The number of nitrogens with zero attached hydrogens (tertiary/aromatic N) is 1. The molecule has 1 N–H and O–H groups in total. The van der Waals surface area contributed by atoms with Gasteiger partial charge in [0.15, 0.2) is 0 Å². The SMILES string of the molecule is N#CC(Nc1ccccc1F)c1ccc(Cl)c(Cl)c1. The summed E-state index contributed by atoms with van der Waals surface area (Å²) >= 11 is 11.7. The highest BCUT2D eigenvalue weighted by Gasteiger charge is 2.13. The van der Waals surface area contributed by atoms with E-state index >= 15 is 0 Å². The highest BCUT2D eigenvalue weighted by Crippen LogP contribution is 2.27. The van der Waals surface area contributed by atoms with Crippen molar-refractivity contribution in [3.05, 3.63) is 63.9 Å². The number of hydrogen-bond acceptors (Lipinski definition) is 2. The zero-order chi connectivity index (χ0) is 13.8. The van der Waals surface area contributed by atoms with Crippen molar-refractivity contribution in [3.63, 3.8) is 0 Å². The minimum absolute atomic E-state index is 0.264. The van der Waals surface area contributed by atoms with Crippen LogP contribution >= 0.6 is 23.2 Å².